The number of ether oxygens (including phenoxy) is 1. The standard InChI is InChI=1S/C18H21N3O3S/c1-23-18(22)15(21-24-2)13-10-6-7-11-14(13)17-20-19-16(25-17)12-8-4-3-5-9-12/h6-7,10-12H,3-5,8-9H2,1-2H3. The lowest BCUT2D eigenvalue weighted by Gasteiger charge is -2.18. The molecule has 1 aromatic carbocycles. The summed E-state index contributed by atoms with van der Waals surface area (Å²) in [6.45, 7) is 0. The molecule has 1 fully saturated rings. The Hall–Kier alpha value is -2.28. The molecule has 3 rings (SSSR count). The smallest absolute Gasteiger partial charge is 0.360 e. The summed E-state index contributed by atoms with van der Waals surface area (Å²) < 4.78 is 4.83. The molecule has 1 aliphatic carbocycles. The van der Waals surface area contributed by atoms with E-state index in [4.69, 9.17) is 9.57 Å². The number of benzene rings is 1. The Balaban J connectivity index is 1.97. The van der Waals surface area contributed by atoms with Crippen molar-refractivity contribution >= 4 is 23.0 Å². The Labute approximate surface area is 150 Å². The molecule has 132 valence electrons. The van der Waals surface area contributed by atoms with Crippen molar-refractivity contribution in [3.8, 4) is 10.6 Å². The number of carbonyl (C=O) groups is 1. The second-order valence-electron chi connectivity index (χ2n) is 5.94. The van der Waals surface area contributed by atoms with Crippen molar-refractivity contribution in [2.45, 2.75) is 38.0 Å². The van der Waals surface area contributed by atoms with Gasteiger partial charge in [-0.05, 0) is 12.8 Å². The van der Waals surface area contributed by atoms with Crippen LogP contribution in [0.4, 0.5) is 0 Å². The third-order valence-electron chi connectivity index (χ3n) is 4.37. The lowest BCUT2D eigenvalue weighted by atomic mass is 9.90. The Morgan fingerprint density at radius 1 is 1.16 bits per heavy atom. The minimum atomic E-state index is -0.550. The summed E-state index contributed by atoms with van der Waals surface area (Å²) in [5.41, 5.74) is 1.56. The molecule has 0 amide bonds. The first-order chi connectivity index (χ1) is 12.2. The Morgan fingerprint density at radius 3 is 2.64 bits per heavy atom. The molecule has 0 atom stereocenters. The van der Waals surface area contributed by atoms with Crippen LogP contribution >= 0.6 is 11.3 Å². The van der Waals surface area contributed by atoms with Crippen LogP contribution in [0.3, 0.4) is 0 Å². The van der Waals surface area contributed by atoms with Crippen LogP contribution in [0.1, 0.15) is 48.6 Å². The van der Waals surface area contributed by atoms with Crippen molar-refractivity contribution in [1.82, 2.24) is 10.2 Å². The fourth-order valence-electron chi connectivity index (χ4n) is 3.12. The van der Waals surface area contributed by atoms with Gasteiger partial charge in [0.25, 0.3) is 0 Å². The molecule has 0 saturated heterocycles. The van der Waals surface area contributed by atoms with E-state index in [1.165, 1.54) is 46.3 Å². The molecule has 7 heteroatoms. The number of rotatable bonds is 5. The maximum absolute atomic E-state index is 12.1. The van der Waals surface area contributed by atoms with Crippen molar-refractivity contribution in [2.24, 2.45) is 5.16 Å². The predicted molar refractivity (Wildman–Crippen MR) is 96.7 cm³/mol. The molecule has 0 spiro atoms. The van der Waals surface area contributed by atoms with Gasteiger partial charge in [0, 0.05) is 17.0 Å². The number of oxime groups is 1. The molecule has 1 aliphatic rings. The molecule has 0 N–H and O–H groups in total. The van der Waals surface area contributed by atoms with E-state index in [0.717, 1.165) is 15.6 Å². The predicted octanol–water partition coefficient (Wildman–Crippen LogP) is 3.78. The Kier molecular flexibility index (Phi) is 5.75. The van der Waals surface area contributed by atoms with E-state index in [1.54, 1.807) is 11.3 Å². The fourth-order valence-corrected chi connectivity index (χ4v) is 4.17. The molecule has 0 unspecified atom stereocenters. The minimum absolute atomic E-state index is 0.120. The van der Waals surface area contributed by atoms with Gasteiger partial charge in [-0.2, -0.15) is 0 Å². The van der Waals surface area contributed by atoms with Gasteiger partial charge in [-0.3, -0.25) is 0 Å². The molecule has 1 aromatic heterocycles. The summed E-state index contributed by atoms with van der Waals surface area (Å²) in [7, 11) is 2.72. The van der Waals surface area contributed by atoms with Gasteiger partial charge in [-0.15, -0.1) is 10.2 Å². The highest BCUT2D eigenvalue weighted by Gasteiger charge is 2.24. The van der Waals surface area contributed by atoms with Gasteiger partial charge < -0.3 is 9.57 Å². The molecule has 25 heavy (non-hydrogen) atoms. The average molecular weight is 359 g/mol. The summed E-state index contributed by atoms with van der Waals surface area (Å²) >= 11 is 1.59. The third kappa shape index (κ3) is 3.87. The van der Waals surface area contributed by atoms with E-state index in [-0.39, 0.29) is 5.71 Å². The van der Waals surface area contributed by atoms with Crippen molar-refractivity contribution in [3.63, 3.8) is 0 Å². The van der Waals surface area contributed by atoms with Gasteiger partial charge in [-0.25, -0.2) is 4.79 Å². The van der Waals surface area contributed by atoms with Crippen LogP contribution in [0.2, 0.25) is 0 Å². The zero-order valence-corrected chi connectivity index (χ0v) is 15.2. The van der Waals surface area contributed by atoms with Crippen LogP contribution in [-0.4, -0.2) is 36.1 Å². The van der Waals surface area contributed by atoms with Crippen LogP contribution in [0, 0.1) is 0 Å². The van der Waals surface area contributed by atoms with Gasteiger partial charge in [0.2, 0.25) is 0 Å². The van der Waals surface area contributed by atoms with Crippen molar-refractivity contribution in [1.29, 1.82) is 0 Å². The first-order valence-corrected chi connectivity index (χ1v) is 9.19. The van der Waals surface area contributed by atoms with Crippen LogP contribution in [0.25, 0.3) is 10.6 Å². The third-order valence-corrected chi connectivity index (χ3v) is 5.49. The van der Waals surface area contributed by atoms with E-state index in [1.807, 2.05) is 24.3 Å². The van der Waals surface area contributed by atoms with Crippen molar-refractivity contribution in [3.05, 3.63) is 34.8 Å². The number of hydrogen-bond acceptors (Lipinski definition) is 7. The molecule has 2 aromatic rings. The number of nitrogens with zero attached hydrogens (tertiary/aromatic N) is 3. The zero-order chi connectivity index (χ0) is 17.6. The van der Waals surface area contributed by atoms with Gasteiger partial charge in [0.15, 0.2) is 5.71 Å². The highest BCUT2D eigenvalue weighted by atomic mass is 32.1. The molecular weight excluding hydrogens is 338 g/mol. The van der Waals surface area contributed by atoms with Crippen LogP contribution in [0.5, 0.6) is 0 Å². The molecule has 1 heterocycles. The molecule has 0 bridgehead atoms. The average Bonchev–Trinajstić information content (AvgIpc) is 3.16. The Bertz CT molecular complexity index is 766. The molecule has 0 radical (unpaired) electrons. The second-order valence-corrected chi connectivity index (χ2v) is 6.95. The van der Waals surface area contributed by atoms with Gasteiger partial charge >= 0.3 is 5.97 Å². The summed E-state index contributed by atoms with van der Waals surface area (Å²) in [4.78, 5) is 16.9. The first-order valence-electron chi connectivity index (χ1n) is 8.37. The van der Waals surface area contributed by atoms with E-state index in [2.05, 4.69) is 15.4 Å². The normalized spacial score (nSPS) is 15.8. The van der Waals surface area contributed by atoms with Gasteiger partial charge in [0.05, 0.1) is 7.11 Å². The van der Waals surface area contributed by atoms with Gasteiger partial charge in [-0.1, -0.05) is 60.0 Å². The van der Waals surface area contributed by atoms with Crippen LogP contribution < -0.4 is 0 Å². The van der Waals surface area contributed by atoms with Crippen LogP contribution in [-0.2, 0) is 14.4 Å². The SMILES string of the molecule is CON=C(C(=O)OC)c1ccccc1-c1nnc(C2CCCCC2)s1. The summed E-state index contributed by atoms with van der Waals surface area (Å²) in [5.74, 6) is -0.0498. The second kappa shape index (κ2) is 8.20. The molecule has 1 saturated carbocycles. The monoisotopic (exact) mass is 359 g/mol. The lowest BCUT2D eigenvalue weighted by Crippen LogP contribution is -2.18. The van der Waals surface area contributed by atoms with E-state index < -0.39 is 5.97 Å². The Morgan fingerprint density at radius 2 is 1.92 bits per heavy atom. The summed E-state index contributed by atoms with van der Waals surface area (Å²) in [6, 6.07) is 7.47. The lowest BCUT2D eigenvalue weighted by molar-refractivity contribution is -0.132. The zero-order valence-electron chi connectivity index (χ0n) is 14.4. The topological polar surface area (TPSA) is 73.7 Å². The maximum atomic E-state index is 12.1. The highest BCUT2D eigenvalue weighted by Crippen LogP contribution is 2.37. The summed E-state index contributed by atoms with van der Waals surface area (Å²) in [5, 5.41) is 14.5. The summed E-state index contributed by atoms with van der Waals surface area (Å²) in [6.07, 6.45) is 6.16. The largest absolute Gasteiger partial charge is 0.464 e. The maximum Gasteiger partial charge on any atom is 0.360 e. The molecule has 0 aliphatic heterocycles. The van der Waals surface area contributed by atoms with Crippen LogP contribution in [0.15, 0.2) is 29.4 Å². The van der Waals surface area contributed by atoms with E-state index in [0.29, 0.717) is 11.5 Å². The number of aromatic nitrogens is 2. The number of hydrogen-bond donors (Lipinski definition) is 0. The number of carbonyl (C=O) groups excluding carboxylic acids is 1. The van der Waals surface area contributed by atoms with Crippen molar-refractivity contribution < 1.29 is 14.4 Å². The number of esters is 1. The van der Waals surface area contributed by atoms with E-state index in [9.17, 15) is 4.79 Å². The first kappa shape index (κ1) is 17.5. The van der Waals surface area contributed by atoms with Crippen molar-refractivity contribution in [2.75, 3.05) is 14.2 Å². The highest BCUT2D eigenvalue weighted by molar-refractivity contribution is 7.14. The van der Waals surface area contributed by atoms with E-state index >= 15 is 0 Å². The quantitative estimate of drug-likeness (QED) is 0.461. The minimum Gasteiger partial charge on any atom is -0.464 e. The molecule has 6 nitrogen and oxygen atoms in total. The fraction of sp³-hybridized carbons (Fsp3) is 0.444. The molecular formula is C18H21N3O3S. The van der Waals surface area contributed by atoms with Gasteiger partial charge in [0.1, 0.15) is 17.1 Å². The number of methoxy groups -OCH3 is 1.